The third-order valence-electron chi connectivity index (χ3n) is 2.84. The number of sulfonamides is 1. The van der Waals surface area contributed by atoms with Crippen molar-refractivity contribution in [1.29, 1.82) is 0 Å². The second-order valence-corrected chi connectivity index (χ2v) is 6.16. The molecule has 1 fully saturated rings. The number of halogens is 1. The van der Waals surface area contributed by atoms with Gasteiger partial charge in [-0.05, 0) is 24.9 Å². The minimum absolute atomic E-state index is 0. The Balaban J connectivity index is 0.00000162. The Labute approximate surface area is 115 Å². The summed E-state index contributed by atoms with van der Waals surface area (Å²) in [4.78, 5) is 0. The van der Waals surface area contributed by atoms with Crippen LogP contribution in [0.4, 0.5) is 0 Å². The van der Waals surface area contributed by atoms with Crippen LogP contribution in [0.15, 0.2) is 30.3 Å². The third-order valence-corrected chi connectivity index (χ3v) is 4.25. The predicted octanol–water partition coefficient (Wildman–Crippen LogP) is 1.28. The first kappa shape index (κ1) is 15.4. The lowest BCUT2D eigenvalue weighted by Gasteiger charge is -2.23. The van der Waals surface area contributed by atoms with Crippen molar-refractivity contribution in [3.63, 3.8) is 0 Å². The highest BCUT2D eigenvalue weighted by molar-refractivity contribution is 7.88. The van der Waals surface area contributed by atoms with Crippen LogP contribution < -0.4 is 10.0 Å². The van der Waals surface area contributed by atoms with E-state index in [0.717, 1.165) is 31.5 Å². The van der Waals surface area contributed by atoms with E-state index in [9.17, 15) is 8.42 Å². The number of hydrogen-bond acceptors (Lipinski definition) is 3. The summed E-state index contributed by atoms with van der Waals surface area (Å²) in [7, 11) is -3.22. The second kappa shape index (κ2) is 7.09. The average Bonchev–Trinajstić information content (AvgIpc) is 2.30. The van der Waals surface area contributed by atoms with Crippen LogP contribution in [0.1, 0.15) is 18.4 Å². The number of piperidine rings is 1. The fraction of sp³-hybridized carbons (Fsp3) is 0.500. The number of rotatable bonds is 4. The van der Waals surface area contributed by atoms with Crippen molar-refractivity contribution in [3.05, 3.63) is 35.9 Å². The van der Waals surface area contributed by atoms with Crippen LogP contribution in [0, 0.1) is 0 Å². The normalized spacial score (nSPS) is 20.1. The minimum Gasteiger partial charge on any atom is -0.315 e. The van der Waals surface area contributed by atoms with E-state index in [1.165, 1.54) is 0 Å². The molecule has 0 bridgehead atoms. The molecule has 0 unspecified atom stereocenters. The van der Waals surface area contributed by atoms with E-state index in [4.69, 9.17) is 0 Å². The van der Waals surface area contributed by atoms with Crippen LogP contribution in [0.25, 0.3) is 0 Å². The fourth-order valence-electron chi connectivity index (χ4n) is 2.04. The zero-order chi connectivity index (χ0) is 12.1. The average molecular weight is 291 g/mol. The Bertz CT molecular complexity index is 444. The van der Waals surface area contributed by atoms with Gasteiger partial charge in [-0.2, -0.15) is 0 Å². The van der Waals surface area contributed by atoms with Crippen molar-refractivity contribution in [3.8, 4) is 0 Å². The lowest BCUT2D eigenvalue weighted by Crippen LogP contribution is -2.45. The van der Waals surface area contributed by atoms with Gasteiger partial charge in [-0.25, -0.2) is 13.1 Å². The highest BCUT2D eigenvalue weighted by Crippen LogP contribution is 2.07. The van der Waals surface area contributed by atoms with Gasteiger partial charge in [0.1, 0.15) is 0 Å². The molecule has 2 N–H and O–H groups in total. The van der Waals surface area contributed by atoms with Gasteiger partial charge in [-0.1, -0.05) is 30.3 Å². The van der Waals surface area contributed by atoms with Crippen LogP contribution in [-0.2, 0) is 15.8 Å². The molecule has 0 aromatic heterocycles. The first-order valence-corrected chi connectivity index (χ1v) is 7.55. The molecule has 1 aliphatic rings. The van der Waals surface area contributed by atoms with Crippen molar-refractivity contribution in [2.75, 3.05) is 13.1 Å². The maximum absolute atomic E-state index is 11.9. The van der Waals surface area contributed by atoms with E-state index in [0.29, 0.717) is 0 Å². The zero-order valence-electron chi connectivity index (χ0n) is 10.1. The summed E-state index contributed by atoms with van der Waals surface area (Å²) in [6, 6.07) is 9.29. The second-order valence-electron chi connectivity index (χ2n) is 4.41. The highest BCUT2D eigenvalue weighted by Gasteiger charge is 2.19. The molecule has 1 heterocycles. The Morgan fingerprint density at radius 3 is 2.61 bits per heavy atom. The van der Waals surface area contributed by atoms with Crippen molar-refractivity contribution in [2.45, 2.75) is 24.6 Å². The molecule has 1 atom stereocenters. The predicted molar refractivity (Wildman–Crippen MR) is 75.3 cm³/mol. The smallest absolute Gasteiger partial charge is 0.216 e. The van der Waals surface area contributed by atoms with Gasteiger partial charge in [-0.15, -0.1) is 12.4 Å². The molecule has 0 radical (unpaired) electrons. The fourth-order valence-corrected chi connectivity index (χ4v) is 3.47. The zero-order valence-corrected chi connectivity index (χ0v) is 11.8. The van der Waals surface area contributed by atoms with Crippen LogP contribution in [0.5, 0.6) is 0 Å². The van der Waals surface area contributed by atoms with Crippen molar-refractivity contribution in [2.24, 2.45) is 0 Å². The van der Waals surface area contributed by atoms with Gasteiger partial charge >= 0.3 is 0 Å². The number of nitrogens with one attached hydrogen (secondary N) is 2. The Morgan fingerprint density at radius 2 is 2.00 bits per heavy atom. The van der Waals surface area contributed by atoms with E-state index in [2.05, 4.69) is 10.0 Å². The lowest BCUT2D eigenvalue weighted by molar-refractivity contribution is 0.428. The quantitative estimate of drug-likeness (QED) is 0.878. The first-order chi connectivity index (χ1) is 8.16. The molecule has 1 aliphatic heterocycles. The molecule has 0 aliphatic carbocycles. The molecule has 0 amide bonds. The summed E-state index contributed by atoms with van der Waals surface area (Å²) < 4.78 is 26.6. The van der Waals surface area contributed by atoms with Gasteiger partial charge in [0.15, 0.2) is 0 Å². The van der Waals surface area contributed by atoms with Crippen LogP contribution >= 0.6 is 12.4 Å². The largest absolute Gasteiger partial charge is 0.315 e. The summed E-state index contributed by atoms with van der Waals surface area (Å²) in [5, 5.41) is 3.19. The van der Waals surface area contributed by atoms with E-state index in [1.54, 1.807) is 0 Å². The summed E-state index contributed by atoms with van der Waals surface area (Å²) in [6.45, 7) is 1.71. The lowest BCUT2D eigenvalue weighted by atomic mass is 10.1. The minimum atomic E-state index is -3.22. The molecule has 6 heteroatoms. The molecule has 1 saturated heterocycles. The summed E-state index contributed by atoms with van der Waals surface area (Å²) in [6.07, 6.45) is 1.94. The van der Waals surface area contributed by atoms with E-state index in [-0.39, 0.29) is 24.2 Å². The molecule has 18 heavy (non-hydrogen) atoms. The monoisotopic (exact) mass is 290 g/mol. The summed E-state index contributed by atoms with van der Waals surface area (Å²) in [5.41, 5.74) is 0.823. The van der Waals surface area contributed by atoms with E-state index >= 15 is 0 Å². The number of benzene rings is 1. The molecule has 2 rings (SSSR count). The Morgan fingerprint density at radius 1 is 1.28 bits per heavy atom. The Hall–Kier alpha value is -0.620. The molecular weight excluding hydrogens is 272 g/mol. The maximum atomic E-state index is 11.9. The molecule has 1 aromatic carbocycles. The van der Waals surface area contributed by atoms with Crippen LogP contribution in [0.2, 0.25) is 0 Å². The van der Waals surface area contributed by atoms with Crippen LogP contribution in [0.3, 0.4) is 0 Å². The van der Waals surface area contributed by atoms with Gasteiger partial charge in [0, 0.05) is 12.6 Å². The molecular formula is C12H19ClN2O2S. The molecule has 1 aromatic rings. The number of hydrogen-bond donors (Lipinski definition) is 2. The topological polar surface area (TPSA) is 58.2 Å². The van der Waals surface area contributed by atoms with Gasteiger partial charge in [0.05, 0.1) is 5.75 Å². The standard InChI is InChI=1S/C12H18N2O2S.ClH/c15-17(16,10-11-5-2-1-3-6-11)14-12-7-4-8-13-9-12;/h1-3,5-6,12-14H,4,7-10H2;1H/t12-;/m0./s1. The molecule has 4 nitrogen and oxygen atoms in total. The summed E-state index contributed by atoms with van der Waals surface area (Å²) in [5.74, 6) is 0.0599. The molecule has 102 valence electrons. The summed E-state index contributed by atoms with van der Waals surface area (Å²) >= 11 is 0. The third kappa shape index (κ3) is 4.94. The van der Waals surface area contributed by atoms with Crippen molar-refractivity contribution in [1.82, 2.24) is 10.0 Å². The SMILES string of the molecule is Cl.O=S(=O)(Cc1ccccc1)N[C@H]1CCCNC1. The van der Waals surface area contributed by atoms with E-state index in [1.807, 2.05) is 30.3 Å². The van der Waals surface area contributed by atoms with Gasteiger partial charge in [-0.3, -0.25) is 0 Å². The maximum Gasteiger partial charge on any atom is 0.216 e. The van der Waals surface area contributed by atoms with Gasteiger partial charge < -0.3 is 5.32 Å². The van der Waals surface area contributed by atoms with Gasteiger partial charge in [0.25, 0.3) is 0 Å². The first-order valence-electron chi connectivity index (χ1n) is 5.90. The molecule has 0 spiro atoms. The van der Waals surface area contributed by atoms with E-state index < -0.39 is 10.0 Å². The highest BCUT2D eigenvalue weighted by atomic mass is 35.5. The molecule has 0 saturated carbocycles. The Kier molecular flexibility index (Phi) is 6.08. The van der Waals surface area contributed by atoms with Crippen LogP contribution in [-0.4, -0.2) is 27.5 Å². The van der Waals surface area contributed by atoms with Crippen molar-refractivity contribution < 1.29 is 8.42 Å². The van der Waals surface area contributed by atoms with Crippen molar-refractivity contribution >= 4 is 22.4 Å². The van der Waals surface area contributed by atoms with Gasteiger partial charge in [0.2, 0.25) is 10.0 Å².